The van der Waals surface area contributed by atoms with E-state index in [0.717, 1.165) is 0 Å². The molecule has 1 aromatic rings. The van der Waals surface area contributed by atoms with Gasteiger partial charge in [0.1, 0.15) is 0 Å². The topological polar surface area (TPSA) is 40.6 Å². The van der Waals surface area contributed by atoms with Crippen LogP contribution in [0.5, 0.6) is 0 Å². The standard InChI is InChI=1S/C14H16Cl2N2O2/c1-2-12(19)17-6-8-18(9-7-17)14(20)10-4-3-5-11(15)13(10)16/h3-5H,2,6-9H2,1H3. The molecule has 4 nitrogen and oxygen atoms in total. The Bertz CT molecular complexity index is 526. The van der Waals surface area contributed by atoms with Crippen molar-refractivity contribution < 1.29 is 9.59 Å². The lowest BCUT2D eigenvalue weighted by Crippen LogP contribution is -2.50. The molecule has 0 atom stereocenters. The predicted molar refractivity (Wildman–Crippen MR) is 79.2 cm³/mol. The number of rotatable bonds is 2. The number of amides is 2. The zero-order chi connectivity index (χ0) is 14.7. The molecule has 1 aliphatic heterocycles. The van der Waals surface area contributed by atoms with Gasteiger partial charge in [-0.15, -0.1) is 0 Å². The molecule has 0 saturated carbocycles. The molecule has 0 unspecified atom stereocenters. The van der Waals surface area contributed by atoms with E-state index in [1.807, 2.05) is 6.92 Å². The van der Waals surface area contributed by atoms with E-state index < -0.39 is 0 Å². The number of hydrogen-bond donors (Lipinski definition) is 0. The summed E-state index contributed by atoms with van der Waals surface area (Å²) in [6.07, 6.45) is 0.494. The summed E-state index contributed by atoms with van der Waals surface area (Å²) >= 11 is 12.0. The fourth-order valence-electron chi connectivity index (χ4n) is 2.22. The molecule has 0 aromatic heterocycles. The van der Waals surface area contributed by atoms with Gasteiger partial charge in [0.05, 0.1) is 15.6 Å². The van der Waals surface area contributed by atoms with Gasteiger partial charge >= 0.3 is 0 Å². The largest absolute Gasteiger partial charge is 0.339 e. The fourth-order valence-corrected chi connectivity index (χ4v) is 2.60. The minimum absolute atomic E-state index is 0.123. The number of nitrogens with zero attached hydrogens (tertiary/aromatic N) is 2. The van der Waals surface area contributed by atoms with Gasteiger partial charge in [0.2, 0.25) is 5.91 Å². The van der Waals surface area contributed by atoms with Crippen LogP contribution in [0.4, 0.5) is 0 Å². The van der Waals surface area contributed by atoms with Gasteiger partial charge in [0.15, 0.2) is 0 Å². The van der Waals surface area contributed by atoms with Crippen LogP contribution in [0.3, 0.4) is 0 Å². The first-order valence-corrected chi connectivity index (χ1v) is 7.31. The molecule has 1 fully saturated rings. The lowest BCUT2D eigenvalue weighted by molar-refractivity contribution is -0.132. The summed E-state index contributed by atoms with van der Waals surface area (Å²) in [7, 11) is 0. The van der Waals surface area contributed by atoms with Crippen molar-refractivity contribution in [2.24, 2.45) is 0 Å². The quantitative estimate of drug-likeness (QED) is 0.842. The minimum Gasteiger partial charge on any atom is -0.339 e. The van der Waals surface area contributed by atoms with Crippen LogP contribution in [0.2, 0.25) is 10.0 Å². The van der Waals surface area contributed by atoms with Crippen molar-refractivity contribution in [2.45, 2.75) is 13.3 Å². The minimum atomic E-state index is -0.138. The maximum atomic E-state index is 12.4. The van der Waals surface area contributed by atoms with Crippen LogP contribution in [-0.2, 0) is 4.79 Å². The highest BCUT2D eigenvalue weighted by Crippen LogP contribution is 2.26. The summed E-state index contributed by atoms with van der Waals surface area (Å²) in [6.45, 7) is 4.01. The predicted octanol–water partition coefficient (Wildman–Crippen LogP) is 2.69. The molecule has 2 rings (SSSR count). The molecule has 108 valence electrons. The Morgan fingerprint density at radius 2 is 1.70 bits per heavy atom. The molecule has 1 saturated heterocycles. The summed E-state index contributed by atoms with van der Waals surface area (Å²) in [4.78, 5) is 27.5. The number of benzene rings is 1. The van der Waals surface area contributed by atoms with E-state index in [-0.39, 0.29) is 16.8 Å². The zero-order valence-corrected chi connectivity index (χ0v) is 12.7. The van der Waals surface area contributed by atoms with E-state index in [0.29, 0.717) is 43.2 Å². The van der Waals surface area contributed by atoms with Gasteiger partial charge < -0.3 is 9.80 Å². The normalized spacial score (nSPS) is 15.3. The number of carbonyl (C=O) groups excluding carboxylic acids is 2. The van der Waals surface area contributed by atoms with Crippen LogP contribution in [0.25, 0.3) is 0 Å². The van der Waals surface area contributed by atoms with Crippen molar-refractivity contribution in [3.8, 4) is 0 Å². The van der Waals surface area contributed by atoms with Gasteiger partial charge in [-0.3, -0.25) is 9.59 Å². The zero-order valence-electron chi connectivity index (χ0n) is 11.2. The Morgan fingerprint density at radius 3 is 2.30 bits per heavy atom. The SMILES string of the molecule is CCC(=O)N1CCN(C(=O)c2cccc(Cl)c2Cl)CC1. The van der Waals surface area contributed by atoms with E-state index in [1.165, 1.54) is 0 Å². The van der Waals surface area contributed by atoms with Crippen molar-refractivity contribution in [3.63, 3.8) is 0 Å². The Balaban J connectivity index is 2.05. The average molecular weight is 315 g/mol. The van der Waals surface area contributed by atoms with E-state index in [2.05, 4.69) is 0 Å². The molecule has 6 heteroatoms. The third kappa shape index (κ3) is 3.07. The first kappa shape index (κ1) is 15.1. The Labute approximate surface area is 128 Å². The Kier molecular flexibility index (Phi) is 4.89. The molecule has 0 spiro atoms. The highest BCUT2D eigenvalue weighted by atomic mass is 35.5. The van der Waals surface area contributed by atoms with Crippen molar-refractivity contribution in [1.29, 1.82) is 0 Å². The highest BCUT2D eigenvalue weighted by Gasteiger charge is 2.25. The first-order valence-electron chi connectivity index (χ1n) is 6.55. The molecule has 0 N–H and O–H groups in total. The van der Waals surface area contributed by atoms with Crippen LogP contribution < -0.4 is 0 Å². The maximum absolute atomic E-state index is 12.4. The smallest absolute Gasteiger partial charge is 0.255 e. The van der Waals surface area contributed by atoms with Crippen LogP contribution in [-0.4, -0.2) is 47.8 Å². The Morgan fingerprint density at radius 1 is 1.10 bits per heavy atom. The number of hydrogen-bond acceptors (Lipinski definition) is 2. The van der Waals surface area contributed by atoms with Crippen molar-refractivity contribution >= 4 is 35.0 Å². The lowest BCUT2D eigenvalue weighted by Gasteiger charge is -2.34. The third-order valence-electron chi connectivity index (χ3n) is 3.40. The fraction of sp³-hybridized carbons (Fsp3) is 0.429. The van der Waals surface area contributed by atoms with Gasteiger partial charge in [0, 0.05) is 32.6 Å². The molecule has 1 aromatic carbocycles. The molecular weight excluding hydrogens is 299 g/mol. The maximum Gasteiger partial charge on any atom is 0.255 e. The molecule has 0 radical (unpaired) electrons. The van der Waals surface area contributed by atoms with E-state index >= 15 is 0 Å². The molecule has 0 aliphatic carbocycles. The van der Waals surface area contributed by atoms with Crippen molar-refractivity contribution in [2.75, 3.05) is 26.2 Å². The number of halogens is 2. The summed E-state index contributed by atoms with van der Waals surface area (Å²) in [5, 5.41) is 0.656. The number of piperazine rings is 1. The van der Waals surface area contributed by atoms with E-state index in [1.54, 1.807) is 28.0 Å². The lowest BCUT2D eigenvalue weighted by atomic mass is 10.1. The second-order valence-corrected chi connectivity index (χ2v) is 5.41. The van der Waals surface area contributed by atoms with Gasteiger partial charge in [-0.25, -0.2) is 0 Å². The first-order chi connectivity index (χ1) is 9.54. The van der Waals surface area contributed by atoms with Gasteiger partial charge in [-0.2, -0.15) is 0 Å². The third-order valence-corrected chi connectivity index (χ3v) is 4.22. The van der Waals surface area contributed by atoms with Crippen molar-refractivity contribution in [1.82, 2.24) is 9.80 Å². The van der Waals surface area contributed by atoms with Crippen LogP contribution in [0, 0.1) is 0 Å². The Hall–Kier alpha value is -1.26. The molecule has 1 heterocycles. The monoisotopic (exact) mass is 314 g/mol. The summed E-state index contributed by atoms with van der Waals surface area (Å²) in [5.74, 6) is -0.0148. The van der Waals surface area contributed by atoms with Gasteiger partial charge in [-0.1, -0.05) is 36.2 Å². The number of carbonyl (C=O) groups is 2. The van der Waals surface area contributed by atoms with Crippen LogP contribution in [0.15, 0.2) is 18.2 Å². The summed E-state index contributed by atoms with van der Waals surface area (Å²) in [5.41, 5.74) is 0.412. The molecule has 1 aliphatic rings. The molecule has 0 bridgehead atoms. The molecule has 2 amide bonds. The van der Waals surface area contributed by atoms with Crippen molar-refractivity contribution in [3.05, 3.63) is 33.8 Å². The second kappa shape index (κ2) is 6.46. The van der Waals surface area contributed by atoms with Crippen LogP contribution in [0.1, 0.15) is 23.7 Å². The highest BCUT2D eigenvalue weighted by molar-refractivity contribution is 6.43. The molecule has 20 heavy (non-hydrogen) atoms. The van der Waals surface area contributed by atoms with E-state index in [9.17, 15) is 9.59 Å². The van der Waals surface area contributed by atoms with Gasteiger partial charge in [0.25, 0.3) is 5.91 Å². The van der Waals surface area contributed by atoms with Gasteiger partial charge in [-0.05, 0) is 12.1 Å². The summed E-state index contributed by atoms with van der Waals surface area (Å²) < 4.78 is 0. The van der Waals surface area contributed by atoms with Crippen LogP contribution >= 0.6 is 23.2 Å². The summed E-state index contributed by atoms with van der Waals surface area (Å²) in [6, 6.07) is 5.02. The second-order valence-electron chi connectivity index (χ2n) is 4.63. The van der Waals surface area contributed by atoms with E-state index in [4.69, 9.17) is 23.2 Å². The average Bonchev–Trinajstić information content (AvgIpc) is 2.48. The molecular formula is C14H16Cl2N2O2.